The summed E-state index contributed by atoms with van der Waals surface area (Å²) in [7, 11) is 2.06. The van der Waals surface area contributed by atoms with Crippen LogP contribution in [0.15, 0.2) is 28.7 Å². The van der Waals surface area contributed by atoms with E-state index in [9.17, 15) is 0 Å². The first-order chi connectivity index (χ1) is 7.61. The van der Waals surface area contributed by atoms with E-state index in [0.29, 0.717) is 6.04 Å². The standard InChI is InChI=1S/C14H22BrN/c1-11(2)9-14(16-3)8-7-12-5-4-6-13(15)10-12/h4-6,10-11,14,16H,7-9H2,1-3H3. The van der Waals surface area contributed by atoms with Crippen molar-refractivity contribution in [1.82, 2.24) is 5.32 Å². The molecule has 1 N–H and O–H groups in total. The topological polar surface area (TPSA) is 12.0 Å². The Kier molecular flexibility index (Phi) is 6.07. The van der Waals surface area contributed by atoms with Crippen molar-refractivity contribution in [2.24, 2.45) is 5.92 Å². The van der Waals surface area contributed by atoms with Crippen LogP contribution in [0.1, 0.15) is 32.3 Å². The Bertz CT molecular complexity index is 309. The Hall–Kier alpha value is -0.340. The average Bonchev–Trinajstić information content (AvgIpc) is 2.24. The molecule has 16 heavy (non-hydrogen) atoms. The van der Waals surface area contributed by atoms with Crippen LogP contribution in [-0.4, -0.2) is 13.1 Å². The summed E-state index contributed by atoms with van der Waals surface area (Å²) in [5.74, 6) is 0.764. The molecule has 0 spiro atoms. The van der Waals surface area contributed by atoms with E-state index < -0.39 is 0 Å². The molecular formula is C14H22BrN. The molecule has 0 radical (unpaired) electrons. The predicted molar refractivity (Wildman–Crippen MR) is 74.8 cm³/mol. The second-order valence-electron chi connectivity index (χ2n) is 4.78. The summed E-state index contributed by atoms with van der Waals surface area (Å²) >= 11 is 3.51. The molecule has 0 aliphatic carbocycles. The molecule has 1 unspecified atom stereocenters. The van der Waals surface area contributed by atoms with Crippen molar-refractivity contribution in [2.75, 3.05) is 7.05 Å². The quantitative estimate of drug-likeness (QED) is 0.832. The number of nitrogens with one attached hydrogen (secondary N) is 1. The zero-order valence-electron chi connectivity index (χ0n) is 10.5. The molecule has 1 atom stereocenters. The SMILES string of the molecule is CNC(CCc1cccc(Br)c1)CC(C)C. The minimum absolute atomic E-state index is 0.638. The van der Waals surface area contributed by atoms with Crippen LogP contribution in [0.25, 0.3) is 0 Å². The zero-order valence-corrected chi connectivity index (χ0v) is 12.0. The third kappa shape index (κ3) is 5.13. The lowest BCUT2D eigenvalue weighted by molar-refractivity contribution is 0.422. The van der Waals surface area contributed by atoms with E-state index in [1.165, 1.54) is 22.9 Å². The summed E-state index contributed by atoms with van der Waals surface area (Å²) in [5, 5.41) is 3.41. The Morgan fingerprint density at radius 2 is 2.06 bits per heavy atom. The van der Waals surface area contributed by atoms with E-state index >= 15 is 0 Å². The largest absolute Gasteiger partial charge is 0.317 e. The van der Waals surface area contributed by atoms with Crippen LogP contribution in [0.2, 0.25) is 0 Å². The van der Waals surface area contributed by atoms with Gasteiger partial charge in [0.1, 0.15) is 0 Å². The average molecular weight is 284 g/mol. The number of aryl methyl sites for hydroxylation is 1. The molecule has 0 heterocycles. The lowest BCUT2D eigenvalue weighted by atomic mass is 9.98. The Morgan fingerprint density at radius 3 is 2.62 bits per heavy atom. The van der Waals surface area contributed by atoms with Crippen LogP contribution < -0.4 is 5.32 Å². The van der Waals surface area contributed by atoms with Gasteiger partial charge >= 0.3 is 0 Å². The van der Waals surface area contributed by atoms with Crippen LogP contribution in [0.3, 0.4) is 0 Å². The summed E-state index contributed by atoms with van der Waals surface area (Å²) in [6.07, 6.45) is 3.62. The van der Waals surface area contributed by atoms with Crippen LogP contribution >= 0.6 is 15.9 Å². The van der Waals surface area contributed by atoms with Gasteiger partial charge in [0.15, 0.2) is 0 Å². The van der Waals surface area contributed by atoms with E-state index in [2.05, 4.69) is 66.4 Å². The molecule has 1 aromatic carbocycles. The van der Waals surface area contributed by atoms with Gasteiger partial charge in [0.05, 0.1) is 0 Å². The van der Waals surface area contributed by atoms with E-state index in [1.807, 2.05) is 0 Å². The lowest BCUT2D eigenvalue weighted by Crippen LogP contribution is -2.27. The van der Waals surface area contributed by atoms with Gasteiger partial charge < -0.3 is 5.32 Å². The van der Waals surface area contributed by atoms with E-state index in [4.69, 9.17) is 0 Å². The molecular weight excluding hydrogens is 262 g/mol. The number of benzene rings is 1. The van der Waals surface area contributed by atoms with Gasteiger partial charge in [0, 0.05) is 10.5 Å². The third-order valence-corrected chi connectivity index (χ3v) is 3.33. The molecule has 0 saturated carbocycles. The highest BCUT2D eigenvalue weighted by Gasteiger charge is 2.08. The van der Waals surface area contributed by atoms with E-state index in [-0.39, 0.29) is 0 Å². The van der Waals surface area contributed by atoms with Gasteiger partial charge in [-0.15, -0.1) is 0 Å². The zero-order chi connectivity index (χ0) is 12.0. The smallest absolute Gasteiger partial charge is 0.0177 e. The van der Waals surface area contributed by atoms with Gasteiger partial charge in [-0.3, -0.25) is 0 Å². The number of hydrogen-bond donors (Lipinski definition) is 1. The minimum Gasteiger partial charge on any atom is -0.317 e. The molecule has 0 bridgehead atoms. The molecule has 2 heteroatoms. The van der Waals surface area contributed by atoms with Crippen molar-refractivity contribution in [2.45, 2.75) is 39.2 Å². The van der Waals surface area contributed by atoms with Gasteiger partial charge in [-0.2, -0.15) is 0 Å². The maximum Gasteiger partial charge on any atom is 0.0177 e. The molecule has 0 fully saturated rings. The number of halogens is 1. The van der Waals surface area contributed by atoms with Crippen molar-refractivity contribution in [1.29, 1.82) is 0 Å². The second-order valence-corrected chi connectivity index (χ2v) is 5.70. The molecule has 1 nitrogen and oxygen atoms in total. The van der Waals surface area contributed by atoms with E-state index in [1.54, 1.807) is 0 Å². The Balaban J connectivity index is 2.43. The first kappa shape index (κ1) is 13.7. The van der Waals surface area contributed by atoms with Crippen molar-refractivity contribution in [3.05, 3.63) is 34.3 Å². The highest BCUT2D eigenvalue weighted by atomic mass is 79.9. The maximum atomic E-state index is 3.51. The van der Waals surface area contributed by atoms with Crippen LogP contribution in [-0.2, 0) is 6.42 Å². The van der Waals surface area contributed by atoms with Crippen LogP contribution in [0, 0.1) is 5.92 Å². The van der Waals surface area contributed by atoms with Crippen LogP contribution in [0.4, 0.5) is 0 Å². The predicted octanol–water partition coefficient (Wildman–Crippen LogP) is 4.02. The summed E-state index contributed by atoms with van der Waals surface area (Å²) in [6.45, 7) is 4.56. The molecule has 0 aliphatic rings. The monoisotopic (exact) mass is 283 g/mol. The molecule has 0 aromatic heterocycles. The molecule has 0 amide bonds. The highest BCUT2D eigenvalue weighted by molar-refractivity contribution is 9.10. The first-order valence-electron chi connectivity index (χ1n) is 6.03. The second kappa shape index (κ2) is 7.08. The summed E-state index contributed by atoms with van der Waals surface area (Å²) < 4.78 is 1.18. The van der Waals surface area contributed by atoms with Crippen molar-refractivity contribution in [3.63, 3.8) is 0 Å². The molecule has 1 aromatic rings. The Morgan fingerprint density at radius 1 is 1.31 bits per heavy atom. The molecule has 0 saturated heterocycles. The maximum absolute atomic E-state index is 3.51. The third-order valence-electron chi connectivity index (χ3n) is 2.83. The summed E-state index contributed by atoms with van der Waals surface area (Å²) in [6, 6.07) is 9.23. The summed E-state index contributed by atoms with van der Waals surface area (Å²) in [5.41, 5.74) is 1.42. The van der Waals surface area contributed by atoms with Crippen molar-refractivity contribution < 1.29 is 0 Å². The minimum atomic E-state index is 0.638. The first-order valence-corrected chi connectivity index (χ1v) is 6.83. The lowest BCUT2D eigenvalue weighted by Gasteiger charge is -2.18. The fourth-order valence-corrected chi connectivity index (χ4v) is 2.43. The van der Waals surface area contributed by atoms with Crippen LogP contribution in [0.5, 0.6) is 0 Å². The normalized spacial score (nSPS) is 13.1. The van der Waals surface area contributed by atoms with E-state index in [0.717, 1.165) is 12.3 Å². The summed E-state index contributed by atoms with van der Waals surface area (Å²) in [4.78, 5) is 0. The van der Waals surface area contributed by atoms with Crippen molar-refractivity contribution in [3.8, 4) is 0 Å². The molecule has 90 valence electrons. The molecule has 0 aliphatic heterocycles. The van der Waals surface area contributed by atoms with Gasteiger partial charge in [0.2, 0.25) is 0 Å². The van der Waals surface area contributed by atoms with Gasteiger partial charge in [0.25, 0.3) is 0 Å². The fraction of sp³-hybridized carbons (Fsp3) is 0.571. The fourth-order valence-electron chi connectivity index (χ4n) is 1.98. The molecule has 1 rings (SSSR count). The van der Waals surface area contributed by atoms with Gasteiger partial charge in [-0.05, 0) is 49.9 Å². The van der Waals surface area contributed by atoms with Crippen molar-refractivity contribution >= 4 is 15.9 Å². The number of rotatable bonds is 6. The Labute approximate surface area is 108 Å². The van der Waals surface area contributed by atoms with Gasteiger partial charge in [-0.1, -0.05) is 41.9 Å². The van der Waals surface area contributed by atoms with Gasteiger partial charge in [-0.25, -0.2) is 0 Å². The number of hydrogen-bond acceptors (Lipinski definition) is 1. The highest BCUT2D eigenvalue weighted by Crippen LogP contribution is 2.15.